The van der Waals surface area contributed by atoms with Crippen LogP contribution in [-0.4, -0.2) is 62.8 Å². The summed E-state index contributed by atoms with van der Waals surface area (Å²) in [5, 5.41) is 12.5. The van der Waals surface area contributed by atoms with Crippen LogP contribution in [0, 0.1) is 0 Å². The van der Waals surface area contributed by atoms with Crippen molar-refractivity contribution in [2.45, 2.75) is 43.7 Å². The molecule has 0 saturated carbocycles. The first-order chi connectivity index (χ1) is 13.0. The van der Waals surface area contributed by atoms with Crippen LogP contribution in [0.25, 0.3) is 0 Å². The first kappa shape index (κ1) is 20.0. The number of alkyl halides is 3. The van der Waals surface area contributed by atoms with Gasteiger partial charge in [-0.1, -0.05) is 18.2 Å². The molecule has 2 aromatic heterocycles. The van der Waals surface area contributed by atoms with Gasteiger partial charge in [-0.25, -0.2) is 0 Å². The van der Waals surface area contributed by atoms with Gasteiger partial charge in [0.2, 0.25) is 5.95 Å². The van der Waals surface area contributed by atoms with Gasteiger partial charge in [0.1, 0.15) is 6.54 Å². The van der Waals surface area contributed by atoms with E-state index in [0.29, 0.717) is 37.2 Å². The first-order valence-corrected chi connectivity index (χ1v) is 9.94. The number of rotatable bonds is 9. The minimum absolute atomic E-state index is 0.275. The molecular formula is C16H23F3N6OS. The Balaban J connectivity index is 1.52. The molecule has 0 N–H and O–H groups in total. The monoisotopic (exact) mass is 404 g/mol. The summed E-state index contributed by atoms with van der Waals surface area (Å²) >= 11 is 1.33. The SMILES string of the molecule is FC(F)(F)Cn1c(SCCCCCn2cccn2)nnc1N1CCOCC1. The molecule has 0 unspecified atom stereocenters. The van der Waals surface area contributed by atoms with Crippen molar-refractivity contribution in [3.63, 3.8) is 0 Å². The van der Waals surface area contributed by atoms with Crippen molar-refractivity contribution >= 4 is 17.7 Å². The molecule has 7 nitrogen and oxygen atoms in total. The second-order valence-electron chi connectivity index (χ2n) is 6.26. The summed E-state index contributed by atoms with van der Waals surface area (Å²) in [6, 6.07) is 1.88. The fraction of sp³-hybridized carbons (Fsp3) is 0.688. The number of ether oxygens (including phenoxy) is 1. The molecular weight excluding hydrogens is 381 g/mol. The lowest BCUT2D eigenvalue weighted by Crippen LogP contribution is -2.38. The number of unbranched alkanes of at least 4 members (excludes halogenated alkanes) is 2. The van der Waals surface area contributed by atoms with Crippen LogP contribution in [-0.2, 0) is 17.8 Å². The largest absolute Gasteiger partial charge is 0.406 e. The Morgan fingerprint density at radius 1 is 1.11 bits per heavy atom. The summed E-state index contributed by atoms with van der Waals surface area (Å²) in [4.78, 5) is 1.80. The van der Waals surface area contributed by atoms with Crippen LogP contribution in [0.15, 0.2) is 23.6 Å². The number of aryl methyl sites for hydroxylation is 1. The van der Waals surface area contributed by atoms with E-state index in [9.17, 15) is 13.2 Å². The molecule has 0 spiro atoms. The molecule has 1 aliphatic rings. The van der Waals surface area contributed by atoms with Crippen molar-refractivity contribution in [1.82, 2.24) is 24.5 Å². The fourth-order valence-corrected chi connectivity index (χ4v) is 3.78. The maximum Gasteiger partial charge on any atom is 0.406 e. The van der Waals surface area contributed by atoms with Crippen molar-refractivity contribution in [1.29, 1.82) is 0 Å². The highest BCUT2D eigenvalue weighted by atomic mass is 32.2. The standard InChI is InChI=1S/C16H23F3N6OS/c17-16(18,19)13-25-14(23-8-10-26-11-9-23)21-22-15(25)27-12-3-1-2-6-24-7-4-5-20-24/h4-5,7H,1-3,6,8-13H2. The van der Waals surface area contributed by atoms with E-state index in [-0.39, 0.29) is 5.95 Å². The molecule has 1 aliphatic heterocycles. The van der Waals surface area contributed by atoms with Crippen molar-refractivity contribution in [3.05, 3.63) is 18.5 Å². The molecule has 3 heterocycles. The highest BCUT2D eigenvalue weighted by Crippen LogP contribution is 2.28. The lowest BCUT2D eigenvalue weighted by molar-refractivity contribution is -0.141. The van der Waals surface area contributed by atoms with Gasteiger partial charge in [0.15, 0.2) is 5.16 Å². The van der Waals surface area contributed by atoms with Crippen LogP contribution >= 0.6 is 11.8 Å². The normalized spacial score (nSPS) is 15.4. The quantitative estimate of drug-likeness (QED) is 0.473. The lowest BCUT2D eigenvalue weighted by atomic mass is 10.2. The van der Waals surface area contributed by atoms with E-state index in [1.807, 2.05) is 16.9 Å². The highest BCUT2D eigenvalue weighted by molar-refractivity contribution is 7.99. The Morgan fingerprint density at radius 3 is 2.63 bits per heavy atom. The van der Waals surface area contributed by atoms with E-state index >= 15 is 0 Å². The summed E-state index contributed by atoms with van der Waals surface area (Å²) in [7, 11) is 0. The van der Waals surface area contributed by atoms with Crippen molar-refractivity contribution in [2.24, 2.45) is 0 Å². The number of halogens is 3. The van der Waals surface area contributed by atoms with Crippen molar-refractivity contribution in [3.8, 4) is 0 Å². The molecule has 0 radical (unpaired) electrons. The van der Waals surface area contributed by atoms with Crippen LogP contribution in [0.5, 0.6) is 0 Å². The van der Waals surface area contributed by atoms with Crippen LogP contribution in [0.3, 0.4) is 0 Å². The molecule has 27 heavy (non-hydrogen) atoms. The Labute approximate surface area is 159 Å². The average molecular weight is 404 g/mol. The fourth-order valence-electron chi connectivity index (χ4n) is 2.85. The third-order valence-electron chi connectivity index (χ3n) is 4.15. The second-order valence-corrected chi connectivity index (χ2v) is 7.32. The summed E-state index contributed by atoms with van der Waals surface area (Å²) < 4.78 is 47.4. The third kappa shape index (κ3) is 6.13. The summed E-state index contributed by atoms with van der Waals surface area (Å²) in [5.41, 5.74) is 0. The second kappa shape index (κ2) is 9.45. The minimum atomic E-state index is -4.32. The van der Waals surface area contributed by atoms with Crippen LogP contribution in [0.2, 0.25) is 0 Å². The molecule has 2 aromatic rings. The Bertz CT molecular complexity index is 685. The molecule has 1 fully saturated rings. The van der Waals surface area contributed by atoms with Gasteiger partial charge in [-0.05, 0) is 18.9 Å². The van der Waals surface area contributed by atoms with Gasteiger partial charge in [0.05, 0.1) is 13.2 Å². The van der Waals surface area contributed by atoms with E-state index in [0.717, 1.165) is 25.8 Å². The molecule has 0 aromatic carbocycles. The van der Waals surface area contributed by atoms with E-state index < -0.39 is 12.7 Å². The molecule has 0 amide bonds. The Kier molecular flexibility index (Phi) is 7.00. The first-order valence-electron chi connectivity index (χ1n) is 8.96. The summed E-state index contributed by atoms with van der Waals surface area (Å²) in [5.74, 6) is 0.981. The topological polar surface area (TPSA) is 61.0 Å². The number of anilines is 1. The zero-order chi connectivity index (χ0) is 19.1. The smallest absolute Gasteiger partial charge is 0.378 e. The number of aromatic nitrogens is 5. The zero-order valence-corrected chi connectivity index (χ0v) is 15.8. The number of hydrogen-bond acceptors (Lipinski definition) is 6. The Hall–Kier alpha value is -1.75. The van der Waals surface area contributed by atoms with Crippen molar-refractivity contribution < 1.29 is 17.9 Å². The van der Waals surface area contributed by atoms with Crippen molar-refractivity contribution in [2.75, 3.05) is 37.0 Å². The van der Waals surface area contributed by atoms with E-state index in [2.05, 4.69) is 15.3 Å². The number of thioether (sulfide) groups is 1. The maximum atomic E-state index is 13.0. The van der Waals surface area contributed by atoms with Crippen LogP contribution < -0.4 is 4.90 Å². The molecule has 3 rings (SSSR count). The minimum Gasteiger partial charge on any atom is -0.378 e. The van der Waals surface area contributed by atoms with Gasteiger partial charge in [-0.2, -0.15) is 18.3 Å². The van der Waals surface area contributed by atoms with Gasteiger partial charge in [0, 0.05) is 37.8 Å². The van der Waals surface area contributed by atoms with E-state index in [1.54, 1.807) is 11.1 Å². The Morgan fingerprint density at radius 2 is 1.93 bits per heavy atom. The molecule has 1 saturated heterocycles. The van der Waals surface area contributed by atoms with Crippen LogP contribution in [0.1, 0.15) is 19.3 Å². The van der Waals surface area contributed by atoms with E-state index in [1.165, 1.54) is 16.3 Å². The van der Waals surface area contributed by atoms with Gasteiger partial charge < -0.3 is 9.64 Å². The van der Waals surface area contributed by atoms with Gasteiger partial charge >= 0.3 is 6.18 Å². The highest BCUT2D eigenvalue weighted by Gasteiger charge is 2.32. The lowest BCUT2D eigenvalue weighted by Gasteiger charge is -2.28. The number of hydrogen-bond donors (Lipinski definition) is 0. The average Bonchev–Trinajstić information content (AvgIpc) is 3.28. The molecule has 0 aliphatic carbocycles. The molecule has 11 heteroatoms. The molecule has 0 bridgehead atoms. The predicted molar refractivity (Wildman–Crippen MR) is 95.9 cm³/mol. The maximum absolute atomic E-state index is 13.0. The molecule has 0 atom stereocenters. The van der Waals surface area contributed by atoms with Gasteiger partial charge in [-0.15, -0.1) is 10.2 Å². The molecule has 150 valence electrons. The van der Waals surface area contributed by atoms with E-state index in [4.69, 9.17) is 4.74 Å². The summed E-state index contributed by atoms with van der Waals surface area (Å²) in [6.07, 6.45) is 2.21. The predicted octanol–water partition coefficient (Wildman–Crippen LogP) is 2.84. The summed E-state index contributed by atoms with van der Waals surface area (Å²) in [6.45, 7) is 1.79. The zero-order valence-electron chi connectivity index (χ0n) is 14.9. The number of nitrogens with zero attached hydrogens (tertiary/aromatic N) is 6. The van der Waals surface area contributed by atoms with Gasteiger partial charge in [-0.3, -0.25) is 9.25 Å². The number of morpholine rings is 1. The van der Waals surface area contributed by atoms with Gasteiger partial charge in [0.25, 0.3) is 0 Å². The third-order valence-corrected chi connectivity index (χ3v) is 5.20. The van der Waals surface area contributed by atoms with Crippen LogP contribution in [0.4, 0.5) is 19.1 Å².